The van der Waals surface area contributed by atoms with Crippen LogP contribution >= 0.6 is 0 Å². The molecule has 2 N–H and O–H groups in total. The van der Waals surface area contributed by atoms with E-state index < -0.39 is 11.5 Å². The highest BCUT2D eigenvalue weighted by Gasteiger charge is 2.39. The maximum atomic E-state index is 12.4. The first kappa shape index (κ1) is 16.4. The van der Waals surface area contributed by atoms with Crippen molar-refractivity contribution in [2.24, 2.45) is 5.73 Å². The summed E-state index contributed by atoms with van der Waals surface area (Å²) in [4.78, 5) is 31.4. The van der Waals surface area contributed by atoms with Gasteiger partial charge in [-0.3, -0.25) is 19.5 Å². The molecule has 7 heteroatoms. The summed E-state index contributed by atoms with van der Waals surface area (Å²) in [6, 6.07) is 3.83. The predicted octanol–water partition coefficient (Wildman–Crippen LogP) is -0.384. The second-order valence-electron chi connectivity index (χ2n) is 5.79. The summed E-state index contributed by atoms with van der Waals surface area (Å²) < 4.78 is 5.42. The van der Waals surface area contributed by atoms with E-state index >= 15 is 0 Å². The van der Waals surface area contributed by atoms with Gasteiger partial charge in [0.2, 0.25) is 5.91 Å². The Morgan fingerprint density at radius 2 is 2.32 bits per heavy atom. The lowest BCUT2D eigenvalue weighted by molar-refractivity contribution is -0.160. The van der Waals surface area contributed by atoms with Crippen molar-refractivity contribution >= 4 is 11.8 Å². The first-order valence-electron chi connectivity index (χ1n) is 7.20. The Bertz CT molecular complexity index is 537. The number of nitrogens with two attached hydrogens (primary N) is 1. The van der Waals surface area contributed by atoms with Gasteiger partial charge in [-0.1, -0.05) is 6.07 Å². The maximum Gasteiger partial charge on any atom is 0.251 e. The minimum atomic E-state index is -1.10. The molecule has 0 radical (unpaired) electrons. The van der Waals surface area contributed by atoms with Crippen LogP contribution in [0.1, 0.15) is 12.5 Å². The quantitative estimate of drug-likeness (QED) is 0.801. The summed E-state index contributed by atoms with van der Waals surface area (Å²) in [5.41, 5.74) is 5.29. The van der Waals surface area contributed by atoms with Crippen molar-refractivity contribution in [1.82, 2.24) is 14.8 Å². The van der Waals surface area contributed by atoms with Crippen LogP contribution in [0.25, 0.3) is 0 Å². The summed E-state index contributed by atoms with van der Waals surface area (Å²) in [6.45, 7) is 3.51. The number of hydrogen-bond acceptors (Lipinski definition) is 5. The SMILES string of the molecule is CN(CC(=O)N1CCOC(C)(C(N)=O)C1)Cc1cccnc1. The number of hydrogen-bond donors (Lipinski definition) is 1. The third-order valence-electron chi connectivity index (χ3n) is 3.73. The highest BCUT2D eigenvalue weighted by molar-refractivity contribution is 5.85. The van der Waals surface area contributed by atoms with Gasteiger partial charge in [-0.25, -0.2) is 0 Å². The minimum Gasteiger partial charge on any atom is -0.367 e. The van der Waals surface area contributed by atoms with E-state index in [1.54, 1.807) is 24.2 Å². The van der Waals surface area contributed by atoms with Crippen molar-refractivity contribution in [3.63, 3.8) is 0 Å². The van der Waals surface area contributed by atoms with Crippen molar-refractivity contribution in [3.05, 3.63) is 30.1 Å². The van der Waals surface area contributed by atoms with Gasteiger partial charge in [0, 0.05) is 25.5 Å². The molecule has 1 aromatic rings. The molecule has 0 spiro atoms. The van der Waals surface area contributed by atoms with E-state index in [-0.39, 0.29) is 19.0 Å². The molecular formula is C15H22N4O3. The monoisotopic (exact) mass is 306 g/mol. The highest BCUT2D eigenvalue weighted by atomic mass is 16.5. The van der Waals surface area contributed by atoms with E-state index in [4.69, 9.17) is 10.5 Å². The molecule has 0 aliphatic carbocycles. The molecule has 1 aliphatic rings. The second kappa shape index (κ2) is 6.85. The van der Waals surface area contributed by atoms with E-state index in [1.807, 2.05) is 24.1 Å². The van der Waals surface area contributed by atoms with Crippen molar-refractivity contribution in [2.45, 2.75) is 19.1 Å². The molecule has 1 atom stereocenters. The van der Waals surface area contributed by atoms with Crippen molar-refractivity contribution in [1.29, 1.82) is 0 Å². The second-order valence-corrected chi connectivity index (χ2v) is 5.79. The molecule has 2 rings (SSSR count). The number of carbonyl (C=O) groups excluding carboxylic acids is 2. The Hall–Kier alpha value is -1.99. The van der Waals surface area contributed by atoms with Crippen LogP contribution in [0.5, 0.6) is 0 Å². The first-order valence-corrected chi connectivity index (χ1v) is 7.20. The Morgan fingerprint density at radius 3 is 2.95 bits per heavy atom. The van der Waals surface area contributed by atoms with Gasteiger partial charge in [0.15, 0.2) is 5.60 Å². The Balaban J connectivity index is 1.90. The lowest BCUT2D eigenvalue weighted by atomic mass is 10.0. The number of aromatic nitrogens is 1. The van der Waals surface area contributed by atoms with E-state index in [1.165, 1.54) is 0 Å². The van der Waals surface area contributed by atoms with Crippen molar-refractivity contribution < 1.29 is 14.3 Å². The van der Waals surface area contributed by atoms with Gasteiger partial charge in [-0.2, -0.15) is 0 Å². The number of pyridine rings is 1. The summed E-state index contributed by atoms with van der Waals surface area (Å²) in [7, 11) is 1.87. The van der Waals surface area contributed by atoms with Crippen molar-refractivity contribution in [2.75, 3.05) is 33.3 Å². The molecule has 1 fully saturated rings. The van der Waals surface area contributed by atoms with Crippen LogP contribution in [0.15, 0.2) is 24.5 Å². The normalized spacial score (nSPS) is 21.9. The van der Waals surface area contributed by atoms with Gasteiger partial charge in [-0.05, 0) is 25.6 Å². The molecule has 2 amide bonds. The number of morpholine rings is 1. The fraction of sp³-hybridized carbons (Fsp3) is 0.533. The number of nitrogens with zero attached hydrogens (tertiary/aromatic N) is 3. The van der Waals surface area contributed by atoms with Crippen LogP contribution in [0, 0.1) is 0 Å². The molecule has 1 saturated heterocycles. The van der Waals surface area contributed by atoms with E-state index in [2.05, 4.69) is 4.98 Å². The molecule has 2 heterocycles. The fourth-order valence-corrected chi connectivity index (χ4v) is 2.42. The van der Waals surface area contributed by atoms with Crippen molar-refractivity contribution in [3.8, 4) is 0 Å². The largest absolute Gasteiger partial charge is 0.367 e. The maximum absolute atomic E-state index is 12.4. The third kappa shape index (κ3) is 4.02. The fourth-order valence-electron chi connectivity index (χ4n) is 2.42. The standard InChI is InChI=1S/C15H22N4O3/c1-15(14(16)21)11-19(6-7-22-15)13(20)10-18(2)9-12-4-3-5-17-8-12/h3-5,8H,6-7,9-11H2,1-2H3,(H2,16,21). The summed E-state index contributed by atoms with van der Waals surface area (Å²) in [5, 5.41) is 0. The molecule has 0 bridgehead atoms. The number of primary amides is 1. The van der Waals surface area contributed by atoms with Crippen LogP contribution in [-0.2, 0) is 20.9 Å². The van der Waals surface area contributed by atoms with Crippen LogP contribution in [0.2, 0.25) is 0 Å². The molecule has 22 heavy (non-hydrogen) atoms. The van der Waals surface area contributed by atoms with E-state index in [0.717, 1.165) is 5.56 Å². The van der Waals surface area contributed by atoms with Gasteiger partial charge in [-0.15, -0.1) is 0 Å². The Labute approximate surface area is 130 Å². The molecule has 0 aromatic carbocycles. The number of rotatable bonds is 5. The Kier molecular flexibility index (Phi) is 5.10. The average Bonchev–Trinajstić information content (AvgIpc) is 2.48. The topological polar surface area (TPSA) is 88.8 Å². The molecular weight excluding hydrogens is 284 g/mol. The zero-order valence-corrected chi connectivity index (χ0v) is 13.0. The lowest BCUT2D eigenvalue weighted by Gasteiger charge is -2.38. The number of likely N-dealkylation sites (N-methyl/N-ethyl adjacent to an activating group) is 1. The van der Waals surface area contributed by atoms with Gasteiger partial charge in [0.25, 0.3) is 5.91 Å². The van der Waals surface area contributed by atoms with Gasteiger partial charge in [0.1, 0.15) is 0 Å². The van der Waals surface area contributed by atoms with Crippen LogP contribution in [0.3, 0.4) is 0 Å². The van der Waals surface area contributed by atoms with Crippen LogP contribution in [-0.4, -0.2) is 65.5 Å². The molecule has 1 aromatic heterocycles. The molecule has 1 aliphatic heterocycles. The number of amides is 2. The first-order chi connectivity index (χ1) is 10.4. The highest BCUT2D eigenvalue weighted by Crippen LogP contribution is 2.17. The van der Waals surface area contributed by atoms with Crippen LogP contribution in [0.4, 0.5) is 0 Å². The zero-order chi connectivity index (χ0) is 16.2. The third-order valence-corrected chi connectivity index (χ3v) is 3.73. The smallest absolute Gasteiger partial charge is 0.251 e. The van der Waals surface area contributed by atoms with E-state index in [9.17, 15) is 9.59 Å². The predicted molar refractivity (Wildman–Crippen MR) is 80.7 cm³/mol. The minimum absolute atomic E-state index is 0.0397. The summed E-state index contributed by atoms with van der Waals surface area (Å²) in [6.07, 6.45) is 3.49. The van der Waals surface area contributed by atoms with E-state index in [0.29, 0.717) is 19.7 Å². The lowest BCUT2D eigenvalue weighted by Crippen LogP contribution is -2.59. The molecule has 0 saturated carbocycles. The zero-order valence-electron chi connectivity index (χ0n) is 13.0. The number of ether oxygens (including phenoxy) is 1. The average molecular weight is 306 g/mol. The molecule has 1 unspecified atom stereocenters. The van der Waals surface area contributed by atoms with Gasteiger partial charge >= 0.3 is 0 Å². The summed E-state index contributed by atoms with van der Waals surface area (Å²) >= 11 is 0. The Morgan fingerprint density at radius 1 is 1.55 bits per heavy atom. The summed E-state index contributed by atoms with van der Waals surface area (Å²) in [5.74, 6) is -0.587. The molecule has 120 valence electrons. The number of carbonyl (C=O) groups is 2. The van der Waals surface area contributed by atoms with Gasteiger partial charge < -0.3 is 15.4 Å². The van der Waals surface area contributed by atoms with Crippen LogP contribution < -0.4 is 5.73 Å². The molecule has 7 nitrogen and oxygen atoms in total. The van der Waals surface area contributed by atoms with Gasteiger partial charge in [0.05, 0.1) is 19.7 Å².